The number of unbranched alkanes of at least 4 members (excludes halogenated alkanes) is 3. The van der Waals surface area contributed by atoms with E-state index in [-0.39, 0.29) is 17.5 Å². The van der Waals surface area contributed by atoms with Gasteiger partial charge in [-0.3, -0.25) is 10.2 Å². The molecule has 0 heterocycles. The quantitative estimate of drug-likeness (QED) is 0.0920. The van der Waals surface area contributed by atoms with Gasteiger partial charge in [-0.05, 0) is 49.6 Å². The van der Waals surface area contributed by atoms with Crippen molar-refractivity contribution in [3.8, 4) is 11.5 Å². The molecular formula is C29H34N3O4P. The molecule has 1 atom stereocenters. The number of hydrogen-bond acceptors (Lipinski definition) is 5. The Balaban J connectivity index is 1.80. The number of carbonyl (C=O) groups excluding carboxylic acids is 2. The molecule has 3 rings (SSSR count). The molecule has 0 fully saturated rings. The van der Waals surface area contributed by atoms with Crippen LogP contribution in [0, 0.1) is 5.41 Å². The van der Waals surface area contributed by atoms with Crippen LogP contribution in [0.5, 0.6) is 11.5 Å². The lowest BCUT2D eigenvalue weighted by Gasteiger charge is -2.28. The monoisotopic (exact) mass is 519 g/mol. The number of nitrogen functional groups attached to an aromatic ring is 1. The Bertz CT molecular complexity index is 1100. The van der Waals surface area contributed by atoms with Crippen LogP contribution in [0.4, 0.5) is 0 Å². The van der Waals surface area contributed by atoms with Gasteiger partial charge in [-0.2, -0.15) is 0 Å². The summed E-state index contributed by atoms with van der Waals surface area (Å²) >= 11 is 0. The first-order valence-electron chi connectivity index (χ1n) is 12.4. The molecule has 3 aromatic carbocycles. The lowest BCUT2D eigenvalue weighted by atomic mass is 10.1. The number of nitrogens with two attached hydrogens (primary N) is 1. The summed E-state index contributed by atoms with van der Waals surface area (Å²) in [4.78, 5) is 24.2. The molecule has 0 aliphatic heterocycles. The average molecular weight is 520 g/mol. The zero-order valence-corrected chi connectivity index (χ0v) is 22.0. The predicted molar refractivity (Wildman–Crippen MR) is 148 cm³/mol. The molecule has 1 unspecified atom stereocenters. The van der Waals surface area contributed by atoms with E-state index in [9.17, 15) is 9.59 Å². The summed E-state index contributed by atoms with van der Waals surface area (Å²) in [6.07, 6.45) is 4.34. The zero-order chi connectivity index (χ0) is 26.5. The highest BCUT2D eigenvalue weighted by molar-refractivity contribution is 7.48. The van der Waals surface area contributed by atoms with Gasteiger partial charge in [0.05, 0.1) is 0 Å². The van der Waals surface area contributed by atoms with E-state index in [2.05, 4.69) is 5.32 Å². The molecule has 7 nitrogen and oxygen atoms in total. The minimum Gasteiger partial charge on any atom is -0.437 e. The number of ketones is 1. The van der Waals surface area contributed by atoms with Crippen LogP contribution in [0.3, 0.4) is 0 Å². The molecule has 8 heteroatoms. The smallest absolute Gasteiger partial charge is 0.319 e. The van der Waals surface area contributed by atoms with Gasteiger partial charge in [0.2, 0.25) is 5.91 Å². The Morgan fingerprint density at radius 1 is 0.811 bits per heavy atom. The summed E-state index contributed by atoms with van der Waals surface area (Å²) < 4.78 is 12.6. The fourth-order valence-corrected chi connectivity index (χ4v) is 5.21. The van der Waals surface area contributed by atoms with Crippen molar-refractivity contribution in [2.45, 2.75) is 51.2 Å². The minimum atomic E-state index is -1.70. The maximum absolute atomic E-state index is 13.0. The molecule has 3 aromatic rings. The average Bonchev–Trinajstić information content (AvgIpc) is 2.90. The summed E-state index contributed by atoms with van der Waals surface area (Å²) in [6.45, 7) is 1.60. The van der Waals surface area contributed by atoms with Crippen LogP contribution in [0.1, 0.15) is 62.4 Å². The number of benzene rings is 3. The van der Waals surface area contributed by atoms with Crippen molar-refractivity contribution in [2.75, 3.05) is 0 Å². The second-order valence-corrected chi connectivity index (χ2v) is 10.2. The fourth-order valence-electron chi connectivity index (χ4n) is 3.63. The van der Waals surface area contributed by atoms with E-state index < -0.39 is 14.2 Å². The van der Waals surface area contributed by atoms with Crippen LogP contribution in [0.15, 0.2) is 84.9 Å². The summed E-state index contributed by atoms with van der Waals surface area (Å²) in [6, 6.07) is 25.9. The highest BCUT2D eigenvalue weighted by Crippen LogP contribution is 2.51. The van der Waals surface area contributed by atoms with Crippen molar-refractivity contribution in [3.63, 3.8) is 0 Å². The Morgan fingerprint density at radius 2 is 1.32 bits per heavy atom. The molecule has 0 spiro atoms. The summed E-state index contributed by atoms with van der Waals surface area (Å²) in [5, 5.41) is 10.8. The Kier molecular flexibility index (Phi) is 11.1. The number of Topliss-reactive ketones (excluding diaryl/α,β-unsaturated/α-hetero) is 1. The molecule has 0 saturated carbocycles. The van der Waals surface area contributed by atoms with Crippen molar-refractivity contribution < 1.29 is 18.6 Å². The number of hydrogen-bond donors (Lipinski definition) is 3. The molecule has 0 aliphatic rings. The van der Waals surface area contributed by atoms with Gasteiger partial charge in [-0.25, -0.2) is 0 Å². The van der Waals surface area contributed by atoms with Crippen LogP contribution < -0.4 is 20.1 Å². The summed E-state index contributed by atoms with van der Waals surface area (Å²) in [5.41, 5.74) is 7.02. The Hall–Kier alpha value is -3.70. The molecular weight excluding hydrogens is 485 g/mol. The first-order chi connectivity index (χ1) is 17.9. The number of para-hydroxylation sites is 2. The number of rotatable bonds is 15. The molecule has 0 saturated heterocycles. The van der Waals surface area contributed by atoms with Crippen molar-refractivity contribution in [1.82, 2.24) is 5.32 Å². The predicted octanol–water partition coefficient (Wildman–Crippen LogP) is 6.48. The van der Waals surface area contributed by atoms with E-state index in [1.165, 1.54) is 0 Å². The minimum absolute atomic E-state index is 0.0276. The topological polar surface area (TPSA) is 115 Å². The van der Waals surface area contributed by atoms with Crippen molar-refractivity contribution >= 4 is 25.9 Å². The molecule has 0 aromatic heterocycles. The van der Waals surface area contributed by atoms with Gasteiger partial charge in [0.25, 0.3) is 0 Å². The van der Waals surface area contributed by atoms with E-state index in [0.717, 1.165) is 31.2 Å². The fraction of sp³-hybridized carbons (Fsp3) is 0.276. The third-order valence-electron chi connectivity index (χ3n) is 5.61. The number of amidine groups is 1. The van der Waals surface area contributed by atoms with E-state index >= 15 is 0 Å². The van der Waals surface area contributed by atoms with Crippen LogP contribution in [-0.2, 0) is 9.59 Å². The van der Waals surface area contributed by atoms with Gasteiger partial charge in [0.15, 0.2) is 0 Å². The van der Waals surface area contributed by atoms with E-state index in [1.54, 1.807) is 19.1 Å². The van der Waals surface area contributed by atoms with Gasteiger partial charge in [-0.1, -0.05) is 73.5 Å². The second kappa shape index (κ2) is 14.8. The van der Waals surface area contributed by atoms with Gasteiger partial charge in [0.1, 0.15) is 28.9 Å². The molecule has 1 amide bonds. The van der Waals surface area contributed by atoms with Crippen LogP contribution in [0.2, 0.25) is 0 Å². The van der Waals surface area contributed by atoms with Crippen molar-refractivity contribution in [3.05, 3.63) is 96.1 Å². The van der Waals surface area contributed by atoms with E-state index in [4.69, 9.17) is 20.2 Å². The number of amides is 1. The van der Waals surface area contributed by atoms with Gasteiger partial charge in [-0.15, -0.1) is 0 Å². The second-order valence-electron chi connectivity index (χ2n) is 8.72. The normalized spacial score (nSPS) is 11.5. The van der Waals surface area contributed by atoms with Crippen LogP contribution >= 0.6 is 8.38 Å². The van der Waals surface area contributed by atoms with Crippen LogP contribution in [0.25, 0.3) is 0 Å². The van der Waals surface area contributed by atoms with Gasteiger partial charge >= 0.3 is 8.38 Å². The maximum atomic E-state index is 13.0. The molecule has 0 bridgehead atoms. The molecule has 4 N–H and O–H groups in total. The van der Waals surface area contributed by atoms with Crippen molar-refractivity contribution in [1.29, 1.82) is 5.41 Å². The van der Waals surface area contributed by atoms with Crippen molar-refractivity contribution in [2.24, 2.45) is 5.73 Å². The lowest BCUT2D eigenvalue weighted by molar-refractivity contribution is -0.121. The van der Waals surface area contributed by atoms with Gasteiger partial charge < -0.3 is 24.9 Å². The maximum Gasteiger partial charge on any atom is 0.319 e. The summed E-state index contributed by atoms with van der Waals surface area (Å²) in [5.74, 6) is 0.765. The number of carbonyl (C=O) groups is 2. The first-order valence-corrected chi connectivity index (χ1v) is 13.7. The Labute approximate surface area is 219 Å². The third kappa shape index (κ3) is 9.70. The standard InChI is InChI=1S/C29H34N3O4P/c1-22(33)12-6-2-3-11-17-27(34)32-29(24-20-18-23(19-21-24)28(30)31)37(35-25-13-7-4-8-14-25)36-26-15-9-5-10-16-26/h4-5,7-10,13-16,18-21,29H,2-3,6,11-12,17H2,1H3,(H3,30,31)(H,32,34). The molecule has 194 valence electrons. The zero-order valence-electron chi connectivity index (χ0n) is 21.1. The van der Waals surface area contributed by atoms with E-state index in [0.29, 0.717) is 29.9 Å². The lowest BCUT2D eigenvalue weighted by Crippen LogP contribution is -2.29. The molecule has 37 heavy (non-hydrogen) atoms. The van der Waals surface area contributed by atoms with Gasteiger partial charge in [0, 0.05) is 18.4 Å². The number of nitrogens with one attached hydrogen (secondary N) is 2. The molecule has 0 aliphatic carbocycles. The highest BCUT2D eigenvalue weighted by Gasteiger charge is 2.31. The van der Waals surface area contributed by atoms with Crippen LogP contribution in [-0.4, -0.2) is 17.5 Å². The third-order valence-corrected chi connectivity index (χ3v) is 7.24. The largest absolute Gasteiger partial charge is 0.437 e. The molecule has 0 radical (unpaired) electrons. The SMILES string of the molecule is CC(=O)CCCCCCC(=O)NC(c1ccc(C(=N)N)cc1)P(Oc1ccccc1)Oc1ccccc1. The summed E-state index contributed by atoms with van der Waals surface area (Å²) in [7, 11) is -1.70. The van der Waals surface area contributed by atoms with E-state index in [1.807, 2.05) is 72.8 Å². The highest BCUT2D eigenvalue weighted by atomic mass is 31.2. The first kappa shape index (κ1) is 27.9. The Morgan fingerprint density at radius 3 is 1.81 bits per heavy atom.